The third kappa shape index (κ3) is 5.61. The Bertz CT molecular complexity index is 896. The number of hydrogen-bond donors (Lipinski definition) is 2. The van der Waals surface area contributed by atoms with Crippen molar-refractivity contribution in [1.29, 1.82) is 0 Å². The Morgan fingerprint density at radius 1 is 1.04 bits per heavy atom. The number of fused-ring (bicyclic) bond motifs is 1. The molecule has 3 rings (SSSR count). The van der Waals surface area contributed by atoms with Crippen LogP contribution in [0.3, 0.4) is 0 Å². The highest BCUT2D eigenvalue weighted by molar-refractivity contribution is 6.02. The second-order valence-electron chi connectivity index (χ2n) is 7.49. The highest BCUT2D eigenvalue weighted by Gasteiger charge is 2.16. The molecule has 0 unspecified atom stereocenters. The zero-order valence-electron chi connectivity index (χ0n) is 16.2. The van der Waals surface area contributed by atoms with Crippen molar-refractivity contribution in [2.75, 3.05) is 17.2 Å². The molecule has 0 aromatic heterocycles. The number of ether oxygens (including phenoxy) is 2. The zero-order chi connectivity index (χ0) is 20.1. The number of hydrogen-bond acceptors (Lipinski definition) is 4. The molecular weight excluding hydrogens is 356 g/mol. The van der Waals surface area contributed by atoms with Gasteiger partial charge in [0.1, 0.15) is 11.4 Å². The van der Waals surface area contributed by atoms with Gasteiger partial charge in [0, 0.05) is 23.9 Å². The Morgan fingerprint density at radius 3 is 2.39 bits per heavy atom. The highest BCUT2D eigenvalue weighted by atomic mass is 16.6. The normalized spacial score (nSPS) is 13.0. The maximum atomic E-state index is 12.1. The van der Waals surface area contributed by atoms with E-state index in [-0.39, 0.29) is 5.91 Å². The van der Waals surface area contributed by atoms with Crippen molar-refractivity contribution < 1.29 is 19.1 Å². The molecule has 1 aliphatic rings. The molecule has 0 saturated heterocycles. The minimum absolute atomic E-state index is 0.232. The van der Waals surface area contributed by atoms with Crippen molar-refractivity contribution in [3.05, 3.63) is 59.7 Å². The van der Waals surface area contributed by atoms with Crippen molar-refractivity contribution in [2.45, 2.75) is 32.8 Å². The quantitative estimate of drug-likeness (QED) is 0.759. The molecule has 0 atom stereocenters. The van der Waals surface area contributed by atoms with Gasteiger partial charge < -0.3 is 14.8 Å². The SMILES string of the molecule is CC(C)(C)OC(=O)Nc1ccc(NC(=O)/C=C/c2ccc3c(c2)CCO3)cc1. The Labute approximate surface area is 164 Å². The van der Waals surface area contributed by atoms with Crippen LogP contribution in [0.15, 0.2) is 48.5 Å². The van der Waals surface area contributed by atoms with Gasteiger partial charge in [-0.05, 0) is 74.4 Å². The monoisotopic (exact) mass is 380 g/mol. The largest absolute Gasteiger partial charge is 0.493 e. The molecule has 0 saturated carbocycles. The van der Waals surface area contributed by atoms with Crippen molar-refractivity contribution in [3.8, 4) is 5.75 Å². The summed E-state index contributed by atoms with van der Waals surface area (Å²) in [6.07, 6.45) is 3.64. The molecule has 0 spiro atoms. The number of carbonyl (C=O) groups is 2. The van der Waals surface area contributed by atoms with E-state index < -0.39 is 11.7 Å². The van der Waals surface area contributed by atoms with Crippen LogP contribution in [0.1, 0.15) is 31.9 Å². The predicted molar refractivity (Wildman–Crippen MR) is 110 cm³/mol. The van der Waals surface area contributed by atoms with Crippen LogP contribution in [0.4, 0.5) is 16.2 Å². The molecule has 6 heteroatoms. The van der Waals surface area contributed by atoms with Gasteiger partial charge >= 0.3 is 6.09 Å². The average molecular weight is 380 g/mol. The number of anilines is 2. The molecule has 2 aromatic rings. The van der Waals surface area contributed by atoms with Gasteiger partial charge in [0.25, 0.3) is 0 Å². The Morgan fingerprint density at radius 2 is 1.71 bits per heavy atom. The van der Waals surface area contributed by atoms with E-state index in [1.54, 1.807) is 51.1 Å². The number of benzene rings is 2. The lowest BCUT2D eigenvalue weighted by Gasteiger charge is -2.19. The van der Waals surface area contributed by atoms with E-state index in [4.69, 9.17) is 9.47 Å². The summed E-state index contributed by atoms with van der Waals surface area (Å²) in [4.78, 5) is 23.9. The summed E-state index contributed by atoms with van der Waals surface area (Å²) < 4.78 is 10.7. The maximum Gasteiger partial charge on any atom is 0.412 e. The molecule has 0 aliphatic carbocycles. The van der Waals surface area contributed by atoms with Gasteiger partial charge in [0.2, 0.25) is 5.91 Å². The van der Waals surface area contributed by atoms with E-state index in [1.807, 2.05) is 18.2 Å². The zero-order valence-corrected chi connectivity index (χ0v) is 16.2. The third-order valence-corrected chi connectivity index (χ3v) is 3.94. The molecule has 2 aromatic carbocycles. The van der Waals surface area contributed by atoms with Crippen molar-refractivity contribution >= 4 is 29.5 Å². The van der Waals surface area contributed by atoms with Gasteiger partial charge in [-0.25, -0.2) is 4.79 Å². The second-order valence-corrected chi connectivity index (χ2v) is 7.49. The van der Waals surface area contributed by atoms with Crippen LogP contribution in [0, 0.1) is 0 Å². The summed E-state index contributed by atoms with van der Waals surface area (Å²) in [7, 11) is 0. The summed E-state index contributed by atoms with van der Waals surface area (Å²) >= 11 is 0. The molecule has 0 bridgehead atoms. The summed E-state index contributed by atoms with van der Waals surface area (Å²) in [5, 5.41) is 5.44. The fourth-order valence-electron chi connectivity index (χ4n) is 2.72. The molecule has 6 nitrogen and oxygen atoms in total. The van der Waals surface area contributed by atoms with Crippen LogP contribution in [0.2, 0.25) is 0 Å². The predicted octanol–water partition coefficient (Wildman–Crippen LogP) is 4.62. The highest BCUT2D eigenvalue weighted by Crippen LogP contribution is 2.26. The van der Waals surface area contributed by atoms with Crippen molar-refractivity contribution in [3.63, 3.8) is 0 Å². The van der Waals surface area contributed by atoms with Crippen LogP contribution >= 0.6 is 0 Å². The first kappa shape index (κ1) is 19.5. The van der Waals surface area contributed by atoms with Gasteiger partial charge in [0.05, 0.1) is 6.61 Å². The molecule has 28 heavy (non-hydrogen) atoms. The Hall–Kier alpha value is -3.28. The van der Waals surface area contributed by atoms with Crippen molar-refractivity contribution in [1.82, 2.24) is 0 Å². The van der Waals surface area contributed by atoms with Gasteiger partial charge in [0.15, 0.2) is 0 Å². The summed E-state index contributed by atoms with van der Waals surface area (Å²) in [5.74, 6) is 0.686. The smallest absolute Gasteiger partial charge is 0.412 e. The number of amides is 2. The van der Waals surface area contributed by atoms with Gasteiger partial charge in [-0.2, -0.15) is 0 Å². The molecule has 146 valence electrons. The van der Waals surface area contributed by atoms with Gasteiger partial charge in [-0.3, -0.25) is 10.1 Å². The van der Waals surface area contributed by atoms with Crippen molar-refractivity contribution in [2.24, 2.45) is 0 Å². The van der Waals surface area contributed by atoms with Gasteiger partial charge in [-0.1, -0.05) is 6.07 Å². The molecule has 2 N–H and O–H groups in total. The molecule has 1 heterocycles. The van der Waals surface area contributed by atoms with Crippen LogP contribution in [0.5, 0.6) is 5.75 Å². The van der Waals surface area contributed by atoms with E-state index >= 15 is 0 Å². The van der Waals surface area contributed by atoms with E-state index in [2.05, 4.69) is 10.6 Å². The standard InChI is InChI=1S/C22H24N2O4/c1-22(2,3)28-21(26)24-18-8-6-17(7-9-18)23-20(25)11-5-15-4-10-19-16(14-15)12-13-27-19/h4-11,14H,12-13H2,1-3H3,(H,23,25)(H,24,26)/b11-5+. The lowest BCUT2D eigenvalue weighted by molar-refractivity contribution is -0.111. The van der Waals surface area contributed by atoms with E-state index in [0.29, 0.717) is 18.0 Å². The summed E-state index contributed by atoms with van der Waals surface area (Å²) in [6.45, 7) is 6.11. The maximum absolute atomic E-state index is 12.1. The first-order chi connectivity index (χ1) is 13.3. The molecule has 2 amide bonds. The average Bonchev–Trinajstić information content (AvgIpc) is 3.08. The Balaban J connectivity index is 1.53. The van der Waals surface area contributed by atoms with E-state index in [1.165, 1.54) is 6.08 Å². The molecule has 0 fully saturated rings. The first-order valence-electron chi connectivity index (χ1n) is 9.13. The number of nitrogens with one attached hydrogen (secondary N) is 2. The molecule has 1 aliphatic heterocycles. The fraction of sp³-hybridized carbons (Fsp3) is 0.273. The summed E-state index contributed by atoms with van der Waals surface area (Å²) in [5.41, 5.74) is 2.78. The third-order valence-electron chi connectivity index (χ3n) is 3.94. The van der Waals surface area contributed by atoms with Crippen LogP contribution < -0.4 is 15.4 Å². The first-order valence-corrected chi connectivity index (χ1v) is 9.13. The number of rotatable bonds is 4. The lowest BCUT2D eigenvalue weighted by Crippen LogP contribution is -2.27. The fourth-order valence-corrected chi connectivity index (χ4v) is 2.72. The lowest BCUT2D eigenvalue weighted by atomic mass is 10.1. The minimum atomic E-state index is -0.559. The van der Waals surface area contributed by atoms with Crippen LogP contribution in [-0.4, -0.2) is 24.2 Å². The van der Waals surface area contributed by atoms with E-state index in [0.717, 1.165) is 23.3 Å². The molecule has 0 radical (unpaired) electrons. The van der Waals surface area contributed by atoms with Crippen LogP contribution in [-0.2, 0) is 16.0 Å². The number of carbonyl (C=O) groups excluding carboxylic acids is 2. The van der Waals surface area contributed by atoms with E-state index in [9.17, 15) is 9.59 Å². The van der Waals surface area contributed by atoms with Crippen LogP contribution in [0.25, 0.3) is 6.08 Å². The molecular formula is C22H24N2O4. The Kier molecular flexibility index (Phi) is 5.68. The van der Waals surface area contributed by atoms with Gasteiger partial charge in [-0.15, -0.1) is 0 Å². The minimum Gasteiger partial charge on any atom is -0.493 e. The second kappa shape index (κ2) is 8.17. The topological polar surface area (TPSA) is 76.7 Å². The summed E-state index contributed by atoms with van der Waals surface area (Å²) in [6, 6.07) is 12.7.